The summed E-state index contributed by atoms with van der Waals surface area (Å²) in [5.41, 5.74) is 0.947. The Balaban J connectivity index is 2.08. The highest BCUT2D eigenvalue weighted by Crippen LogP contribution is 2.20. The molecule has 0 spiro atoms. The van der Waals surface area contributed by atoms with Gasteiger partial charge in [0.1, 0.15) is 6.54 Å². The average molecular weight is 295 g/mol. The summed E-state index contributed by atoms with van der Waals surface area (Å²) in [4.78, 5) is 12.0. The number of carbonyl (C=O) groups excluding carboxylic acids is 1. The number of amides is 1. The number of aromatic nitrogens is 1. The number of aliphatic hydroxyl groups is 1. The Bertz CT molecular complexity index is 595. The molecule has 1 heterocycles. The zero-order valence-electron chi connectivity index (χ0n) is 11.5. The zero-order valence-corrected chi connectivity index (χ0v) is 12.2. The van der Waals surface area contributed by atoms with E-state index < -0.39 is 0 Å². The highest BCUT2D eigenvalue weighted by Gasteiger charge is 2.11. The van der Waals surface area contributed by atoms with E-state index in [9.17, 15) is 4.79 Å². The van der Waals surface area contributed by atoms with Crippen LogP contribution >= 0.6 is 11.6 Å². The Morgan fingerprint density at radius 1 is 1.45 bits per heavy atom. The SMILES string of the molecule is CCC(CCO)NC(=O)Cn1ccc2ccc(Cl)cc21. The van der Waals surface area contributed by atoms with Crippen LogP contribution in [0.4, 0.5) is 0 Å². The molecule has 0 bridgehead atoms. The summed E-state index contributed by atoms with van der Waals surface area (Å²) < 4.78 is 1.88. The van der Waals surface area contributed by atoms with Gasteiger partial charge >= 0.3 is 0 Å². The van der Waals surface area contributed by atoms with Crippen molar-refractivity contribution in [2.24, 2.45) is 0 Å². The van der Waals surface area contributed by atoms with Crippen LogP contribution in [0.25, 0.3) is 10.9 Å². The monoisotopic (exact) mass is 294 g/mol. The maximum absolute atomic E-state index is 12.0. The molecule has 1 unspecified atom stereocenters. The third-order valence-corrected chi connectivity index (χ3v) is 3.62. The second-order valence-corrected chi connectivity index (χ2v) is 5.27. The first-order valence-corrected chi connectivity index (χ1v) is 7.16. The fourth-order valence-electron chi connectivity index (χ4n) is 2.26. The van der Waals surface area contributed by atoms with E-state index >= 15 is 0 Å². The molecule has 0 radical (unpaired) electrons. The third-order valence-electron chi connectivity index (χ3n) is 3.39. The van der Waals surface area contributed by atoms with Crippen molar-refractivity contribution in [3.05, 3.63) is 35.5 Å². The molecule has 1 amide bonds. The highest BCUT2D eigenvalue weighted by molar-refractivity contribution is 6.31. The lowest BCUT2D eigenvalue weighted by Gasteiger charge is -2.16. The van der Waals surface area contributed by atoms with Crippen LogP contribution in [-0.2, 0) is 11.3 Å². The molecular formula is C15H19ClN2O2. The summed E-state index contributed by atoms with van der Waals surface area (Å²) >= 11 is 5.99. The van der Waals surface area contributed by atoms with Gasteiger partial charge in [-0.2, -0.15) is 0 Å². The first-order valence-electron chi connectivity index (χ1n) is 6.78. The maximum atomic E-state index is 12.0. The molecule has 0 fully saturated rings. The molecule has 0 saturated heterocycles. The summed E-state index contributed by atoms with van der Waals surface area (Å²) in [6.07, 6.45) is 3.28. The molecule has 108 valence electrons. The Morgan fingerprint density at radius 2 is 2.25 bits per heavy atom. The number of benzene rings is 1. The normalized spacial score (nSPS) is 12.6. The van der Waals surface area contributed by atoms with Crippen molar-refractivity contribution >= 4 is 28.4 Å². The molecule has 5 heteroatoms. The lowest BCUT2D eigenvalue weighted by atomic mass is 10.1. The minimum absolute atomic E-state index is 0.0258. The van der Waals surface area contributed by atoms with Gasteiger partial charge in [0.2, 0.25) is 5.91 Å². The number of aliphatic hydroxyl groups excluding tert-OH is 1. The predicted molar refractivity (Wildman–Crippen MR) is 80.9 cm³/mol. The summed E-state index contributed by atoms with van der Waals surface area (Å²) in [7, 11) is 0. The zero-order chi connectivity index (χ0) is 14.5. The fourth-order valence-corrected chi connectivity index (χ4v) is 2.42. The number of nitrogens with one attached hydrogen (secondary N) is 1. The van der Waals surface area contributed by atoms with Gasteiger partial charge in [0.15, 0.2) is 0 Å². The number of hydrogen-bond donors (Lipinski definition) is 2. The van der Waals surface area contributed by atoms with Gasteiger partial charge in [-0.25, -0.2) is 0 Å². The van der Waals surface area contributed by atoms with Crippen molar-refractivity contribution in [3.63, 3.8) is 0 Å². The molecule has 0 aliphatic carbocycles. The second-order valence-electron chi connectivity index (χ2n) is 4.83. The first kappa shape index (κ1) is 14.9. The van der Waals surface area contributed by atoms with Crippen molar-refractivity contribution in [3.8, 4) is 0 Å². The molecule has 0 aliphatic heterocycles. The largest absolute Gasteiger partial charge is 0.396 e. The quantitative estimate of drug-likeness (QED) is 0.860. The minimum atomic E-state index is -0.0530. The first-order chi connectivity index (χ1) is 9.63. The van der Waals surface area contributed by atoms with Crippen molar-refractivity contribution < 1.29 is 9.90 Å². The highest BCUT2D eigenvalue weighted by atomic mass is 35.5. The molecule has 0 aliphatic rings. The number of rotatable bonds is 6. The summed E-state index contributed by atoms with van der Waals surface area (Å²) in [6, 6.07) is 7.62. The number of nitrogens with zero attached hydrogens (tertiary/aromatic N) is 1. The minimum Gasteiger partial charge on any atom is -0.396 e. The van der Waals surface area contributed by atoms with Crippen LogP contribution in [0.1, 0.15) is 19.8 Å². The number of halogens is 1. The third kappa shape index (κ3) is 3.52. The molecule has 0 saturated carbocycles. The van der Waals surface area contributed by atoms with E-state index in [2.05, 4.69) is 5.32 Å². The fraction of sp³-hybridized carbons (Fsp3) is 0.400. The van der Waals surface area contributed by atoms with Crippen molar-refractivity contribution in [1.82, 2.24) is 9.88 Å². The molecular weight excluding hydrogens is 276 g/mol. The molecule has 1 aromatic heterocycles. The molecule has 1 aromatic carbocycles. The molecule has 1 atom stereocenters. The van der Waals surface area contributed by atoms with E-state index in [1.165, 1.54) is 0 Å². The van der Waals surface area contributed by atoms with Crippen LogP contribution in [0.15, 0.2) is 30.5 Å². The molecule has 2 N–H and O–H groups in total. The van der Waals surface area contributed by atoms with Crippen molar-refractivity contribution in [2.75, 3.05) is 6.61 Å². The smallest absolute Gasteiger partial charge is 0.240 e. The van der Waals surface area contributed by atoms with E-state index in [4.69, 9.17) is 16.7 Å². The topological polar surface area (TPSA) is 54.3 Å². The average Bonchev–Trinajstić information content (AvgIpc) is 2.80. The van der Waals surface area contributed by atoms with E-state index in [0.29, 0.717) is 11.4 Å². The van der Waals surface area contributed by atoms with Crippen molar-refractivity contribution in [2.45, 2.75) is 32.4 Å². The standard InChI is InChI=1S/C15H19ClN2O2/c1-2-13(6-8-19)17-15(20)10-18-7-5-11-3-4-12(16)9-14(11)18/h3-5,7,9,13,19H,2,6,8,10H2,1H3,(H,17,20). The Kier molecular flexibility index (Phi) is 5.04. The summed E-state index contributed by atoms with van der Waals surface area (Å²) in [5, 5.41) is 13.6. The molecule has 20 heavy (non-hydrogen) atoms. The van der Waals surface area contributed by atoms with Gasteiger partial charge in [-0.1, -0.05) is 24.6 Å². The predicted octanol–water partition coefficient (Wildman–Crippen LogP) is 2.57. The van der Waals surface area contributed by atoms with Crippen LogP contribution in [0.2, 0.25) is 5.02 Å². The van der Waals surface area contributed by atoms with Crippen LogP contribution in [0, 0.1) is 0 Å². The Morgan fingerprint density at radius 3 is 2.95 bits per heavy atom. The number of fused-ring (bicyclic) bond motifs is 1. The summed E-state index contributed by atoms with van der Waals surface area (Å²) in [6.45, 7) is 2.33. The van der Waals surface area contributed by atoms with E-state index in [0.717, 1.165) is 17.3 Å². The molecule has 2 aromatic rings. The van der Waals surface area contributed by atoms with Gasteiger partial charge < -0.3 is 15.0 Å². The maximum Gasteiger partial charge on any atom is 0.240 e. The van der Waals surface area contributed by atoms with Gasteiger partial charge in [-0.05, 0) is 36.4 Å². The Labute approximate surface area is 123 Å². The summed E-state index contributed by atoms with van der Waals surface area (Å²) in [5.74, 6) is -0.0530. The van der Waals surface area contributed by atoms with E-state index in [-0.39, 0.29) is 25.1 Å². The molecule has 2 rings (SSSR count). The van der Waals surface area contributed by atoms with E-state index in [1.54, 1.807) is 0 Å². The lowest BCUT2D eigenvalue weighted by Crippen LogP contribution is -2.37. The van der Waals surface area contributed by atoms with Crippen LogP contribution < -0.4 is 5.32 Å². The van der Waals surface area contributed by atoms with Gasteiger partial charge in [0.25, 0.3) is 0 Å². The van der Waals surface area contributed by atoms with E-state index in [1.807, 2.05) is 42.0 Å². The van der Waals surface area contributed by atoms with Gasteiger partial charge in [0, 0.05) is 29.4 Å². The van der Waals surface area contributed by atoms with Crippen molar-refractivity contribution in [1.29, 1.82) is 0 Å². The number of carbonyl (C=O) groups is 1. The Hall–Kier alpha value is -1.52. The number of hydrogen-bond acceptors (Lipinski definition) is 2. The van der Waals surface area contributed by atoms with Gasteiger partial charge in [0.05, 0.1) is 0 Å². The second kappa shape index (κ2) is 6.77. The lowest BCUT2D eigenvalue weighted by molar-refractivity contribution is -0.122. The van der Waals surface area contributed by atoms with Crippen LogP contribution in [0.5, 0.6) is 0 Å². The van der Waals surface area contributed by atoms with Gasteiger partial charge in [-0.3, -0.25) is 4.79 Å². The molecule has 4 nitrogen and oxygen atoms in total. The van der Waals surface area contributed by atoms with Crippen LogP contribution in [-0.4, -0.2) is 28.2 Å². The van der Waals surface area contributed by atoms with Gasteiger partial charge in [-0.15, -0.1) is 0 Å². The van der Waals surface area contributed by atoms with Crippen LogP contribution in [0.3, 0.4) is 0 Å².